The number of hydrogen-bond donors (Lipinski definition) is 1. The van der Waals surface area contributed by atoms with Crippen LogP contribution in [0.1, 0.15) is 10.4 Å². The molecule has 0 saturated heterocycles. The van der Waals surface area contributed by atoms with E-state index in [1.165, 1.54) is 0 Å². The molecule has 0 aliphatic heterocycles. The van der Waals surface area contributed by atoms with Crippen LogP contribution in [-0.2, 0) is 0 Å². The fourth-order valence-corrected chi connectivity index (χ4v) is 2.27. The van der Waals surface area contributed by atoms with E-state index < -0.39 is 0 Å². The topological polar surface area (TPSA) is 29.1 Å². The first-order valence-electron chi connectivity index (χ1n) is 5.08. The van der Waals surface area contributed by atoms with E-state index in [4.69, 9.17) is 0 Å². The van der Waals surface area contributed by atoms with Gasteiger partial charge in [-0.2, -0.15) is 0 Å². The molecule has 2 rings (SSSR count). The highest BCUT2D eigenvalue weighted by atomic mass is 79.9. The molecule has 0 spiro atoms. The van der Waals surface area contributed by atoms with Crippen LogP contribution in [0.5, 0.6) is 0 Å². The van der Waals surface area contributed by atoms with Crippen molar-refractivity contribution in [3.05, 3.63) is 61.4 Å². The SMILES string of the molecule is O=C(Nc1ccc(Br)c(Br)c1)c1ccc(Br)cc1. The van der Waals surface area contributed by atoms with E-state index in [1.807, 2.05) is 30.3 Å². The van der Waals surface area contributed by atoms with Crippen molar-refractivity contribution in [1.29, 1.82) is 0 Å². The maximum absolute atomic E-state index is 12.0. The summed E-state index contributed by atoms with van der Waals surface area (Å²) >= 11 is 10.1. The lowest BCUT2D eigenvalue weighted by molar-refractivity contribution is 0.102. The van der Waals surface area contributed by atoms with Crippen molar-refractivity contribution in [1.82, 2.24) is 0 Å². The molecule has 0 atom stereocenters. The number of nitrogens with one attached hydrogen (secondary N) is 1. The lowest BCUT2D eigenvalue weighted by Gasteiger charge is -2.06. The fraction of sp³-hybridized carbons (Fsp3) is 0. The normalized spacial score (nSPS) is 10.2. The monoisotopic (exact) mass is 431 g/mol. The molecule has 92 valence electrons. The highest BCUT2D eigenvalue weighted by Gasteiger charge is 2.06. The van der Waals surface area contributed by atoms with Crippen LogP contribution in [0.3, 0.4) is 0 Å². The largest absolute Gasteiger partial charge is 0.322 e. The van der Waals surface area contributed by atoms with Crippen LogP contribution in [-0.4, -0.2) is 5.91 Å². The molecule has 5 heteroatoms. The zero-order valence-electron chi connectivity index (χ0n) is 9.08. The van der Waals surface area contributed by atoms with Crippen molar-refractivity contribution in [2.75, 3.05) is 5.32 Å². The maximum Gasteiger partial charge on any atom is 0.255 e. The Morgan fingerprint density at radius 2 is 1.56 bits per heavy atom. The standard InChI is InChI=1S/C13H8Br3NO/c14-9-3-1-8(2-4-9)13(18)17-10-5-6-11(15)12(16)7-10/h1-7H,(H,17,18). The smallest absolute Gasteiger partial charge is 0.255 e. The molecule has 1 N–H and O–H groups in total. The summed E-state index contributed by atoms with van der Waals surface area (Å²) in [6.07, 6.45) is 0. The third-order valence-corrected chi connectivity index (χ3v) is 4.69. The van der Waals surface area contributed by atoms with Gasteiger partial charge in [0.1, 0.15) is 0 Å². The van der Waals surface area contributed by atoms with Gasteiger partial charge >= 0.3 is 0 Å². The molecule has 0 saturated carbocycles. The van der Waals surface area contributed by atoms with Crippen LogP contribution < -0.4 is 5.32 Å². The predicted molar refractivity (Wildman–Crippen MR) is 83.9 cm³/mol. The second-order valence-corrected chi connectivity index (χ2v) is 6.21. The van der Waals surface area contributed by atoms with E-state index in [1.54, 1.807) is 12.1 Å². The summed E-state index contributed by atoms with van der Waals surface area (Å²) in [7, 11) is 0. The van der Waals surface area contributed by atoms with Gasteiger partial charge in [-0.1, -0.05) is 15.9 Å². The maximum atomic E-state index is 12.0. The summed E-state index contributed by atoms with van der Waals surface area (Å²) in [5, 5.41) is 2.84. The number of amides is 1. The molecule has 0 heterocycles. The predicted octanol–water partition coefficient (Wildman–Crippen LogP) is 5.23. The van der Waals surface area contributed by atoms with Gasteiger partial charge in [0.2, 0.25) is 0 Å². The van der Waals surface area contributed by atoms with E-state index in [0.29, 0.717) is 5.56 Å². The van der Waals surface area contributed by atoms with E-state index in [9.17, 15) is 4.79 Å². The number of benzene rings is 2. The Kier molecular flexibility index (Phi) is 4.59. The lowest BCUT2D eigenvalue weighted by Crippen LogP contribution is -2.11. The Morgan fingerprint density at radius 1 is 0.889 bits per heavy atom. The quantitative estimate of drug-likeness (QED) is 0.690. The Balaban J connectivity index is 2.16. The van der Waals surface area contributed by atoms with Crippen LogP contribution in [0.25, 0.3) is 0 Å². The Bertz CT molecular complexity index is 581. The van der Waals surface area contributed by atoms with Gasteiger partial charge in [-0.15, -0.1) is 0 Å². The van der Waals surface area contributed by atoms with Gasteiger partial charge in [-0.25, -0.2) is 0 Å². The minimum Gasteiger partial charge on any atom is -0.322 e. The van der Waals surface area contributed by atoms with Gasteiger partial charge in [-0.3, -0.25) is 4.79 Å². The van der Waals surface area contributed by atoms with Crippen molar-refractivity contribution in [2.45, 2.75) is 0 Å². The van der Waals surface area contributed by atoms with Gasteiger partial charge in [0.15, 0.2) is 0 Å². The molecule has 2 aromatic carbocycles. The molecule has 18 heavy (non-hydrogen) atoms. The summed E-state index contributed by atoms with van der Waals surface area (Å²) in [6, 6.07) is 12.8. The van der Waals surface area contributed by atoms with Gasteiger partial charge in [0.25, 0.3) is 5.91 Å². The molecule has 0 radical (unpaired) electrons. The highest BCUT2D eigenvalue weighted by Crippen LogP contribution is 2.26. The van der Waals surface area contributed by atoms with Crippen LogP contribution in [0, 0.1) is 0 Å². The third-order valence-electron chi connectivity index (χ3n) is 2.28. The average Bonchev–Trinajstić information content (AvgIpc) is 2.34. The van der Waals surface area contributed by atoms with Crippen LogP contribution in [0.15, 0.2) is 55.9 Å². The zero-order valence-corrected chi connectivity index (χ0v) is 13.8. The van der Waals surface area contributed by atoms with Crippen molar-refractivity contribution in [3.8, 4) is 0 Å². The molecule has 2 nitrogen and oxygen atoms in total. The second kappa shape index (κ2) is 5.99. The Labute approximate surface area is 130 Å². The Morgan fingerprint density at radius 3 is 2.17 bits per heavy atom. The van der Waals surface area contributed by atoms with Gasteiger partial charge in [-0.05, 0) is 74.3 Å². The number of carbonyl (C=O) groups excluding carboxylic acids is 1. The zero-order chi connectivity index (χ0) is 13.1. The minimum absolute atomic E-state index is 0.128. The van der Waals surface area contributed by atoms with Gasteiger partial charge in [0, 0.05) is 24.7 Å². The van der Waals surface area contributed by atoms with E-state index in [-0.39, 0.29) is 5.91 Å². The number of rotatable bonds is 2. The summed E-state index contributed by atoms with van der Waals surface area (Å²) < 4.78 is 2.80. The summed E-state index contributed by atoms with van der Waals surface area (Å²) in [6.45, 7) is 0. The second-order valence-electron chi connectivity index (χ2n) is 3.59. The summed E-state index contributed by atoms with van der Waals surface area (Å²) in [5.74, 6) is -0.128. The van der Waals surface area contributed by atoms with E-state index >= 15 is 0 Å². The summed E-state index contributed by atoms with van der Waals surface area (Å²) in [5.41, 5.74) is 1.37. The fourth-order valence-electron chi connectivity index (χ4n) is 1.38. The first-order valence-corrected chi connectivity index (χ1v) is 7.46. The third kappa shape index (κ3) is 3.43. The summed E-state index contributed by atoms with van der Waals surface area (Å²) in [4.78, 5) is 12.0. The van der Waals surface area contributed by atoms with Crippen molar-refractivity contribution >= 4 is 59.4 Å². The molecular formula is C13H8Br3NO. The number of carbonyl (C=O) groups is 1. The first-order chi connectivity index (χ1) is 8.56. The number of halogens is 3. The molecule has 1 amide bonds. The average molecular weight is 434 g/mol. The molecule has 0 aliphatic carbocycles. The van der Waals surface area contributed by atoms with Crippen molar-refractivity contribution in [2.24, 2.45) is 0 Å². The molecule has 0 aromatic heterocycles. The molecule has 0 bridgehead atoms. The Hall–Kier alpha value is -0.650. The van der Waals surface area contributed by atoms with Crippen molar-refractivity contribution < 1.29 is 4.79 Å². The minimum atomic E-state index is -0.128. The van der Waals surface area contributed by atoms with E-state index in [0.717, 1.165) is 19.1 Å². The van der Waals surface area contributed by atoms with Crippen LogP contribution in [0.2, 0.25) is 0 Å². The molecular weight excluding hydrogens is 426 g/mol. The van der Waals surface area contributed by atoms with Gasteiger partial charge < -0.3 is 5.32 Å². The molecule has 0 fully saturated rings. The highest BCUT2D eigenvalue weighted by molar-refractivity contribution is 9.13. The molecule has 0 aliphatic rings. The first kappa shape index (κ1) is 13.8. The molecule has 2 aromatic rings. The van der Waals surface area contributed by atoms with E-state index in [2.05, 4.69) is 53.1 Å². The van der Waals surface area contributed by atoms with Crippen molar-refractivity contribution in [3.63, 3.8) is 0 Å². The lowest BCUT2D eigenvalue weighted by atomic mass is 10.2. The molecule has 0 unspecified atom stereocenters. The van der Waals surface area contributed by atoms with Crippen LogP contribution >= 0.6 is 47.8 Å². The van der Waals surface area contributed by atoms with Crippen LogP contribution in [0.4, 0.5) is 5.69 Å². The number of anilines is 1. The van der Waals surface area contributed by atoms with Gasteiger partial charge in [0.05, 0.1) is 0 Å². The number of hydrogen-bond acceptors (Lipinski definition) is 1.